The molecule has 1 aromatic carbocycles. The van der Waals surface area contributed by atoms with Gasteiger partial charge < -0.3 is 5.11 Å². The van der Waals surface area contributed by atoms with Crippen LogP contribution >= 0.6 is 15.9 Å². The summed E-state index contributed by atoms with van der Waals surface area (Å²) in [6, 6.07) is 6.90. The van der Waals surface area contributed by atoms with Gasteiger partial charge in [0.05, 0.1) is 0 Å². The highest BCUT2D eigenvalue weighted by molar-refractivity contribution is 9.10. The first-order valence-electron chi connectivity index (χ1n) is 6.82. The number of aromatic amines is 1. The molecule has 0 bridgehead atoms. The first-order chi connectivity index (χ1) is 9.99. The Morgan fingerprint density at radius 3 is 2.48 bits per heavy atom. The van der Waals surface area contributed by atoms with Gasteiger partial charge in [0.15, 0.2) is 0 Å². The number of hydrogen-bond acceptors (Lipinski definition) is 3. The van der Waals surface area contributed by atoms with E-state index in [1.54, 1.807) is 24.3 Å². The van der Waals surface area contributed by atoms with Crippen molar-refractivity contribution < 1.29 is 5.11 Å². The Kier molecular flexibility index (Phi) is 3.49. The van der Waals surface area contributed by atoms with Gasteiger partial charge >= 0.3 is 5.69 Å². The number of benzene rings is 1. The topological polar surface area (TPSA) is 75.1 Å². The Bertz CT molecular complexity index is 788. The summed E-state index contributed by atoms with van der Waals surface area (Å²) in [5.74, 6) is 0.128. The third kappa shape index (κ3) is 2.55. The highest BCUT2D eigenvalue weighted by Crippen LogP contribution is 2.40. The highest BCUT2D eigenvalue weighted by atomic mass is 79.9. The molecule has 0 radical (unpaired) electrons. The van der Waals surface area contributed by atoms with Crippen LogP contribution in [0.2, 0.25) is 0 Å². The molecular weight excluding hydrogens is 336 g/mol. The second-order valence-corrected chi connectivity index (χ2v) is 6.33. The monoisotopic (exact) mass is 350 g/mol. The molecular formula is C15H15BrN2O3. The molecule has 1 saturated carbocycles. The average molecular weight is 351 g/mol. The lowest BCUT2D eigenvalue weighted by atomic mass is 10.1. The molecule has 3 rings (SSSR count). The maximum Gasteiger partial charge on any atom is 0.331 e. The number of rotatable bonds is 3. The fourth-order valence-electron chi connectivity index (χ4n) is 2.58. The van der Waals surface area contributed by atoms with Crippen LogP contribution < -0.4 is 11.2 Å². The molecule has 2 N–H and O–H groups in total. The highest BCUT2D eigenvalue weighted by Gasteiger charge is 2.32. The number of nitrogens with zero attached hydrogens (tertiary/aromatic N) is 1. The average Bonchev–Trinajstić information content (AvgIpc) is 3.24. The van der Waals surface area contributed by atoms with E-state index in [4.69, 9.17) is 0 Å². The summed E-state index contributed by atoms with van der Waals surface area (Å²) < 4.78 is 2.16. The van der Waals surface area contributed by atoms with Gasteiger partial charge in [-0.05, 0) is 43.4 Å². The minimum Gasteiger partial charge on any atom is -0.494 e. The Balaban J connectivity index is 2.20. The summed E-state index contributed by atoms with van der Waals surface area (Å²) >= 11 is 3.33. The van der Waals surface area contributed by atoms with Crippen molar-refractivity contribution in [2.24, 2.45) is 5.92 Å². The molecule has 1 heterocycles. The van der Waals surface area contributed by atoms with Crippen molar-refractivity contribution in [1.82, 2.24) is 9.55 Å². The SMILES string of the molecule is CC(C1CC1)n1c(O)c(-c2ccc(Br)cc2)c(=O)[nH]c1=O. The first kappa shape index (κ1) is 14.1. The molecule has 1 aliphatic rings. The number of nitrogens with one attached hydrogen (secondary N) is 1. The van der Waals surface area contributed by atoms with Crippen LogP contribution in [0.1, 0.15) is 25.8 Å². The Morgan fingerprint density at radius 2 is 1.90 bits per heavy atom. The van der Waals surface area contributed by atoms with Crippen LogP contribution in [0.3, 0.4) is 0 Å². The van der Waals surface area contributed by atoms with Crippen LogP contribution in [0.5, 0.6) is 5.88 Å². The molecule has 1 aromatic heterocycles. The summed E-state index contributed by atoms with van der Waals surface area (Å²) in [6.45, 7) is 1.89. The Hall–Kier alpha value is -1.82. The summed E-state index contributed by atoms with van der Waals surface area (Å²) in [6.07, 6.45) is 2.08. The molecule has 0 saturated heterocycles. The fourth-order valence-corrected chi connectivity index (χ4v) is 2.85. The smallest absolute Gasteiger partial charge is 0.331 e. The van der Waals surface area contributed by atoms with Gasteiger partial charge in [-0.2, -0.15) is 0 Å². The van der Waals surface area contributed by atoms with Crippen molar-refractivity contribution in [3.63, 3.8) is 0 Å². The van der Waals surface area contributed by atoms with E-state index in [2.05, 4.69) is 20.9 Å². The van der Waals surface area contributed by atoms with Gasteiger partial charge in [0, 0.05) is 10.5 Å². The fraction of sp³-hybridized carbons (Fsp3) is 0.333. The number of aromatic nitrogens is 2. The van der Waals surface area contributed by atoms with Crippen molar-refractivity contribution in [3.05, 3.63) is 49.6 Å². The molecule has 1 fully saturated rings. The zero-order valence-electron chi connectivity index (χ0n) is 11.5. The molecule has 1 aliphatic carbocycles. The van der Waals surface area contributed by atoms with Gasteiger partial charge in [0.1, 0.15) is 5.56 Å². The third-order valence-electron chi connectivity index (χ3n) is 3.96. The Morgan fingerprint density at radius 1 is 1.29 bits per heavy atom. The molecule has 110 valence electrons. The minimum atomic E-state index is -0.570. The molecule has 1 unspecified atom stereocenters. The standard InChI is InChI=1S/C15H15BrN2O3/c1-8(9-2-3-9)18-14(20)12(13(19)17-15(18)21)10-4-6-11(16)7-5-10/h4-9,20H,2-3H2,1H3,(H,17,19,21). The quantitative estimate of drug-likeness (QED) is 0.893. The maximum atomic E-state index is 12.1. The van der Waals surface area contributed by atoms with Gasteiger partial charge in [-0.1, -0.05) is 28.1 Å². The zero-order chi connectivity index (χ0) is 15.1. The van der Waals surface area contributed by atoms with Crippen LogP contribution in [0, 0.1) is 5.92 Å². The van der Waals surface area contributed by atoms with Crippen LogP contribution in [0.15, 0.2) is 38.3 Å². The summed E-state index contributed by atoms with van der Waals surface area (Å²) in [4.78, 5) is 26.4. The zero-order valence-corrected chi connectivity index (χ0v) is 13.1. The van der Waals surface area contributed by atoms with E-state index in [1.807, 2.05) is 6.92 Å². The molecule has 5 nitrogen and oxygen atoms in total. The van der Waals surface area contributed by atoms with Crippen LogP contribution in [0.25, 0.3) is 11.1 Å². The second kappa shape index (κ2) is 5.18. The van der Waals surface area contributed by atoms with Crippen LogP contribution in [-0.2, 0) is 0 Å². The predicted molar refractivity (Wildman–Crippen MR) is 83.6 cm³/mol. The van der Waals surface area contributed by atoms with E-state index in [0.717, 1.165) is 17.3 Å². The largest absolute Gasteiger partial charge is 0.494 e. The van der Waals surface area contributed by atoms with Crippen LogP contribution in [-0.4, -0.2) is 14.7 Å². The van der Waals surface area contributed by atoms with Crippen molar-refractivity contribution in [2.45, 2.75) is 25.8 Å². The van der Waals surface area contributed by atoms with Crippen molar-refractivity contribution in [2.75, 3.05) is 0 Å². The molecule has 6 heteroatoms. The minimum absolute atomic E-state index is 0.122. The molecule has 0 aliphatic heterocycles. The molecule has 1 atom stereocenters. The first-order valence-corrected chi connectivity index (χ1v) is 7.62. The van der Waals surface area contributed by atoms with E-state index in [9.17, 15) is 14.7 Å². The van der Waals surface area contributed by atoms with Crippen LogP contribution in [0.4, 0.5) is 0 Å². The molecule has 2 aromatic rings. The molecule has 0 amide bonds. The van der Waals surface area contributed by atoms with Gasteiger partial charge in [-0.3, -0.25) is 14.3 Å². The number of H-pyrrole nitrogens is 1. The van der Waals surface area contributed by atoms with Gasteiger partial charge in [-0.25, -0.2) is 4.79 Å². The number of hydrogen-bond donors (Lipinski definition) is 2. The van der Waals surface area contributed by atoms with Gasteiger partial charge in [0.2, 0.25) is 5.88 Å². The normalized spacial score (nSPS) is 15.9. The van der Waals surface area contributed by atoms with Crippen molar-refractivity contribution >= 4 is 15.9 Å². The van der Waals surface area contributed by atoms with Crippen molar-refractivity contribution in [3.8, 4) is 17.0 Å². The van der Waals surface area contributed by atoms with Gasteiger partial charge in [-0.15, -0.1) is 0 Å². The van der Waals surface area contributed by atoms with E-state index >= 15 is 0 Å². The lowest BCUT2D eigenvalue weighted by molar-refractivity contribution is 0.356. The molecule has 0 spiro atoms. The Labute approximate surface area is 129 Å². The molecule has 21 heavy (non-hydrogen) atoms. The van der Waals surface area contributed by atoms with Gasteiger partial charge in [0.25, 0.3) is 5.56 Å². The lowest BCUT2D eigenvalue weighted by Crippen LogP contribution is -2.33. The van der Waals surface area contributed by atoms with Crippen molar-refractivity contribution in [1.29, 1.82) is 0 Å². The number of aromatic hydroxyl groups is 1. The summed E-state index contributed by atoms with van der Waals surface area (Å²) in [5, 5.41) is 10.5. The predicted octanol–water partition coefficient (Wildman–Crippen LogP) is 2.64. The van der Waals surface area contributed by atoms with E-state index in [0.29, 0.717) is 11.5 Å². The maximum absolute atomic E-state index is 12.1. The number of halogens is 1. The summed E-state index contributed by atoms with van der Waals surface area (Å²) in [7, 11) is 0. The third-order valence-corrected chi connectivity index (χ3v) is 4.49. The second-order valence-electron chi connectivity index (χ2n) is 5.41. The summed E-state index contributed by atoms with van der Waals surface area (Å²) in [5.41, 5.74) is -0.417. The van der Waals surface area contributed by atoms with E-state index in [1.165, 1.54) is 4.57 Å². The van der Waals surface area contributed by atoms with E-state index in [-0.39, 0.29) is 17.5 Å². The van der Waals surface area contributed by atoms with E-state index < -0.39 is 11.2 Å². The lowest BCUT2D eigenvalue weighted by Gasteiger charge is -2.17.